The molecule has 2 heterocycles. The van der Waals surface area contributed by atoms with Crippen LogP contribution in [-0.4, -0.2) is 25.7 Å². The number of aryl methyl sites for hydroxylation is 2. The normalized spacial score (nSPS) is 11.0. The maximum absolute atomic E-state index is 11.5. The summed E-state index contributed by atoms with van der Waals surface area (Å²) in [5.41, 5.74) is 9.82. The first-order valence-electron chi connectivity index (χ1n) is 6.42. The van der Waals surface area contributed by atoms with Crippen molar-refractivity contribution in [3.05, 3.63) is 47.2 Å². The number of nitrogens with two attached hydrogens (primary N) is 1. The summed E-state index contributed by atoms with van der Waals surface area (Å²) in [5, 5.41) is 13.5. The maximum Gasteiger partial charge on any atom is 0.336 e. The van der Waals surface area contributed by atoms with Crippen molar-refractivity contribution in [2.45, 2.75) is 13.8 Å². The lowest BCUT2D eigenvalue weighted by molar-refractivity contribution is 0.0697. The molecular formula is C15H14N4O2. The number of benzene rings is 1. The fourth-order valence-corrected chi connectivity index (χ4v) is 2.26. The van der Waals surface area contributed by atoms with Gasteiger partial charge < -0.3 is 10.8 Å². The Hall–Kier alpha value is -2.89. The number of rotatable bonds is 2. The van der Waals surface area contributed by atoms with E-state index in [4.69, 9.17) is 5.73 Å². The smallest absolute Gasteiger partial charge is 0.336 e. The van der Waals surface area contributed by atoms with Crippen molar-refractivity contribution in [1.82, 2.24) is 14.6 Å². The second kappa shape index (κ2) is 4.59. The molecule has 2 aromatic heterocycles. The fraction of sp³-hybridized carbons (Fsp3) is 0.133. The highest BCUT2D eigenvalue weighted by Gasteiger charge is 2.15. The zero-order chi connectivity index (χ0) is 15.1. The van der Waals surface area contributed by atoms with Crippen LogP contribution in [0, 0.1) is 13.8 Å². The van der Waals surface area contributed by atoms with Crippen molar-refractivity contribution in [1.29, 1.82) is 0 Å². The molecule has 3 N–H and O–H groups in total. The van der Waals surface area contributed by atoms with Crippen LogP contribution >= 0.6 is 0 Å². The number of carboxylic acid groups (broad SMARTS) is 1. The molecule has 106 valence electrons. The fourth-order valence-electron chi connectivity index (χ4n) is 2.26. The number of anilines is 1. The molecule has 0 aliphatic carbocycles. The highest BCUT2D eigenvalue weighted by Crippen LogP contribution is 2.27. The number of aromatic carboxylic acids is 1. The van der Waals surface area contributed by atoms with E-state index in [1.807, 2.05) is 32.0 Å². The molecule has 0 atom stereocenters. The average molecular weight is 282 g/mol. The molecule has 6 heteroatoms. The first kappa shape index (κ1) is 13.1. The van der Waals surface area contributed by atoms with E-state index in [-0.39, 0.29) is 11.5 Å². The minimum absolute atomic E-state index is 0.114. The minimum Gasteiger partial charge on any atom is -0.478 e. The van der Waals surface area contributed by atoms with Crippen molar-refractivity contribution in [3.8, 4) is 11.1 Å². The summed E-state index contributed by atoms with van der Waals surface area (Å²) >= 11 is 0. The van der Waals surface area contributed by atoms with Gasteiger partial charge >= 0.3 is 5.97 Å². The predicted molar refractivity (Wildman–Crippen MR) is 79.3 cm³/mol. The van der Waals surface area contributed by atoms with E-state index in [9.17, 15) is 9.90 Å². The zero-order valence-corrected chi connectivity index (χ0v) is 11.7. The molecule has 3 rings (SSSR count). The van der Waals surface area contributed by atoms with Crippen LogP contribution in [-0.2, 0) is 0 Å². The molecule has 0 aliphatic heterocycles. The molecule has 0 fully saturated rings. The second-order valence-corrected chi connectivity index (χ2v) is 4.98. The Balaban J connectivity index is 2.30. The first-order valence-corrected chi connectivity index (χ1v) is 6.42. The maximum atomic E-state index is 11.5. The Morgan fingerprint density at radius 1 is 1.24 bits per heavy atom. The molecule has 0 saturated carbocycles. The minimum atomic E-state index is -1.01. The van der Waals surface area contributed by atoms with Crippen molar-refractivity contribution in [2.75, 3.05) is 5.73 Å². The van der Waals surface area contributed by atoms with Crippen molar-refractivity contribution in [2.24, 2.45) is 0 Å². The van der Waals surface area contributed by atoms with E-state index >= 15 is 0 Å². The number of hydrogen-bond acceptors (Lipinski definition) is 4. The third kappa shape index (κ3) is 2.20. The highest BCUT2D eigenvalue weighted by atomic mass is 16.4. The number of pyridine rings is 1. The third-order valence-electron chi connectivity index (χ3n) is 3.54. The standard InChI is InChI=1S/C15H14N4O2/c1-8-3-4-10(5-9(8)2)12-7-19-13(17-15(16)18-19)6-11(12)14(20)21/h3-7H,1-2H3,(H2,16,18)(H,20,21). The van der Waals surface area contributed by atoms with Crippen LogP contribution in [0.5, 0.6) is 0 Å². The molecule has 0 spiro atoms. The summed E-state index contributed by atoms with van der Waals surface area (Å²) in [6.45, 7) is 4.00. The lowest BCUT2D eigenvalue weighted by Crippen LogP contribution is -2.03. The number of carbonyl (C=O) groups is 1. The van der Waals surface area contributed by atoms with Gasteiger partial charge in [0.15, 0.2) is 5.65 Å². The summed E-state index contributed by atoms with van der Waals surface area (Å²) < 4.78 is 1.49. The SMILES string of the molecule is Cc1ccc(-c2cn3nc(N)nc3cc2C(=O)O)cc1C. The lowest BCUT2D eigenvalue weighted by Gasteiger charge is -2.09. The molecule has 0 radical (unpaired) electrons. The molecular weight excluding hydrogens is 268 g/mol. The van der Waals surface area contributed by atoms with E-state index in [2.05, 4.69) is 10.1 Å². The molecule has 0 bridgehead atoms. The molecule has 21 heavy (non-hydrogen) atoms. The molecule has 3 aromatic rings. The Labute approximate surface area is 120 Å². The Bertz CT molecular complexity index is 867. The van der Waals surface area contributed by atoms with E-state index in [1.54, 1.807) is 6.20 Å². The van der Waals surface area contributed by atoms with E-state index in [1.165, 1.54) is 10.6 Å². The number of fused-ring (bicyclic) bond motifs is 1. The summed E-state index contributed by atoms with van der Waals surface area (Å²) in [5.74, 6) is -0.893. The van der Waals surface area contributed by atoms with Crippen LogP contribution in [0.4, 0.5) is 5.95 Å². The van der Waals surface area contributed by atoms with Gasteiger partial charge in [-0.25, -0.2) is 9.31 Å². The monoisotopic (exact) mass is 282 g/mol. The number of carboxylic acids is 1. The third-order valence-corrected chi connectivity index (χ3v) is 3.54. The zero-order valence-electron chi connectivity index (χ0n) is 11.7. The summed E-state index contributed by atoms with van der Waals surface area (Å²) in [6.07, 6.45) is 1.65. The van der Waals surface area contributed by atoms with Gasteiger partial charge in [0.25, 0.3) is 0 Å². The Morgan fingerprint density at radius 3 is 2.67 bits per heavy atom. The summed E-state index contributed by atoms with van der Waals surface area (Å²) in [7, 11) is 0. The first-order chi connectivity index (χ1) is 9.95. The number of hydrogen-bond donors (Lipinski definition) is 2. The molecule has 6 nitrogen and oxygen atoms in total. The highest BCUT2D eigenvalue weighted by molar-refractivity contribution is 5.97. The van der Waals surface area contributed by atoms with E-state index < -0.39 is 5.97 Å². The van der Waals surface area contributed by atoms with Crippen LogP contribution in [0.25, 0.3) is 16.8 Å². The predicted octanol–water partition coefficient (Wildman–Crippen LogP) is 2.29. The van der Waals surface area contributed by atoms with Crippen molar-refractivity contribution < 1.29 is 9.90 Å². The van der Waals surface area contributed by atoms with Gasteiger partial charge in [0.1, 0.15) is 0 Å². The molecule has 0 unspecified atom stereocenters. The van der Waals surface area contributed by atoms with Gasteiger partial charge in [0.05, 0.1) is 5.56 Å². The van der Waals surface area contributed by atoms with Crippen LogP contribution in [0.2, 0.25) is 0 Å². The Morgan fingerprint density at radius 2 is 2.00 bits per heavy atom. The van der Waals surface area contributed by atoms with Crippen LogP contribution in [0.1, 0.15) is 21.5 Å². The molecule has 0 aliphatic rings. The van der Waals surface area contributed by atoms with Gasteiger partial charge in [-0.05, 0) is 36.6 Å². The van der Waals surface area contributed by atoms with Crippen LogP contribution in [0.3, 0.4) is 0 Å². The van der Waals surface area contributed by atoms with Crippen LogP contribution in [0.15, 0.2) is 30.5 Å². The summed E-state index contributed by atoms with van der Waals surface area (Å²) in [4.78, 5) is 15.5. The number of nitrogens with zero attached hydrogens (tertiary/aromatic N) is 3. The molecule has 0 amide bonds. The van der Waals surface area contributed by atoms with Gasteiger partial charge in [-0.15, -0.1) is 5.10 Å². The van der Waals surface area contributed by atoms with Crippen LogP contribution < -0.4 is 5.73 Å². The van der Waals surface area contributed by atoms with E-state index in [0.29, 0.717) is 11.2 Å². The largest absolute Gasteiger partial charge is 0.478 e. The Kier molecular flexibility index (Phi) is 2.86. The van der Waals surface area contributed by atoms with Crippen molar-refractivity contribution in [3.63, 3.8) is 0 Å². The van der Waals surface area contributed by atoms with Gasteiger partial charge in [-0.1, -0.05) is 18.2 Å². The quantitative estimate of drug-likeness (QED) is 0.752. The van der Waals surface area contributed by atoms with E-state index in [0.717, 1.165) is 16.7 Å². The van der Waals surface area contributed by atoms with Gasteiger partial charge in [0, 0.05) is 11.8 Å². The topological polar surface area (TPSA) is 93.5 Å². The number of nitrogen functional groups attached to an aromatic ring is 1. The lowest BCUT2D eigenvalue weighted by atomic mass is 9.98. The molecule has 1 aromatic carbocycles. The van der Waals surface area contributed by atoms with Gasteiger partial charge in [-0.2, -0.15) is 4.98 Å². The second-order valence-electron chi connectivity index (χ2n) is 4.98. The van der Waals surface area contributed by atoms with Gasteiger partial charge in [0.2, 0.25) is 5.95 Å². The summed E-state index contributed by atoms with van der Waals surface area (Å²) in [6, 6.07) is 7.31. The average Bonchev–Trinajstić information content (AvgIpc) is 2.79. The number of aromatic nitrogens is 3. The molecule has 0 saturated heterocycles. The van der Waals surface area contributed by atoms with Crippen molar-refractivity contribution >= 4 is 17.6 Å². The van der Waals surface area contributed by atoms with Gasteiger partial charge in [-0.3, -0.25) is 0 Å².